The average Bonchev–Trinajstić information content (AvgIpc) is 3.24. The molecule has 27 heavy (non-hydrogen) atoms. The minimum absolute atomic E-state index is 0.222. The second-order valence-electron chi connectivity index (χ2n) is 6.16. The number of carbonyl (C=O) groups excluding carboxylic acids is 1. The summed E-state index contributed by atoms with van der Waals surface area (Å²) < 4.78 is 1.21. The zero-order valence-corrected chi connectivity index (χ0v) is 15.4. The number of hydrogen-bond donors (Lipinski definition) is 1. The first-order chi connectivity index (χ1) is 13.1. The molecule has 6 heteroatoms. The number of rotatable bonds is 4. The fourth-order valence-electron chi connectivity index (χ4n) is 3.09. The van der Waals surface area contributed by atoms with Crippen molar-refractivity contribution in [2.24, 2.45) is 7.05 Å². The molecule has 0 saturated carbocycles. The SMILES string of the molecule is Cn1nc(C(=O)NC(c2ccccc2)c2cccs2)c2ccccc2c1=O. The van der Waals surface area contributed by atoms with Crippen molar-refractivity contribution in [2.75, 3.05) is 0 Å². The topological polar surface area (TPSA) is 64.0 Å². The summed E-state index contributed by atoms with van der Waals surface area (Å²) in [4.78, 5) is 26.5. The second-order valence-corrected chi connectivity index (χ2v) is 7.13. The molecule has 0 aliphatic heterocycles. The number of aryl methyl sites for hydroxylation is 1. The Morgan fingerprint density at radius 3 is 2.41 bits per heavy atom. The van der Waals surface area contributed by atoms with Crippen LogP contribution >= 0.6 is 11.3 Å². The monoisotopic (exact) mass is 375 g/mol. The number of benzene rings is 2. The van der Waals surface area contributed by atoms with Crippen molar-refractivity contribution in [2.45, 2.75) is 6.04 Å². The molecular formula is C21H17N3O2S. The molecule has 2 aromatic carbocycles. The smallest absolute Gasteiger partial charge is 0.274 e. The molecule has 1 amide bonds. The third-order valence-corrected chi connectivity index (χ3v) is 5.34. The van der Waals surface area contributed by atoms with Crippen LogP contribution < -0.4 is 10.9 Å². The first kappa shape index (κ1) is 17.2. The molecule has 5 nitrogen and oxygen atoms in total. The lowest BCUT2D eigenvalue weighted by Gasteiger charge is -2.18. The van der Waals surface area contributed by atoms with Crippen LogP contribution in [-0.2, 0) is 7.05 Å². The molecule has 2 heterocycles. The molecule has 1 atom stereocenters. The fraction of sp³-hybridized carbons (Fsp3) is 0.0952. The van der Waals surface area contributed by atoms with E-state index in [1.165, 1.54) is 4.68 Å². The Hall–Kier alpha value is -3.25. The molecule has 134 valence electrons. The van der Waals surface area contributed by atoms with Crippen molar-refractivity contribution in [3.8, 4) is 0 Å². The highest BCUT2D eigenvalue weighted by atomic mass is 32.1. The molecule has 4 aromatic rings. The Kier molecular flexibility index (Phi) is 4.56. The fourth-order valence-corrected chi connectivity index (χ4v) is 3.89. The van der Waals surface area contributed by atoms with E-state index in [-0.39, 0.29) is 23.2 Å². The maximum atomic E-state index is 13.1. The summed E-state index contributed by atoms with van der Waals surface area (Å²) in [5.41, 5.74) is 1.01. The average molecular weight is 375 g/mol. The Morgan fingerprint density at radius 1 is 1.00 bits per heavy atom. The third-order valence-electron chi connectivity index (χ3n) is 4.41. The number of nitrogens with one attached hydrogen (secondary N) is 1. The number of aromatic nitrogens is 2. The number of nitrogens with zero attached hydrogens (tertiary/aromatic N) is 2. The quantitative estimate of drug-likeness (QED) is 0.594. The highest BCUT2D eigenvalue weighted by Crippen LogP contribution is 2.26. The van der Waals surface area contributed by atoms with Crippen molar-refractivity contribution in [3.05, 3.63) is 98.6 Å². The van der Waals surface area contributed by atoms with Crippen LogP contribution in [0.5, 0.6) is 0 Å². The minimum Gasteiger partial charge on any atom is -0.339 e. The molecular weight excluding hydrogens is 358 g/mol. The number of thiophene rings is 1. The van der Waals surface area contributed by atoms with Gasteiger partial charge < -0.3 is 5.32 Å². The van der Waals surface area contributed by atoms with Gasteiger partial charge in [-0.3, -0.25) is 9.59 Å². The third kappa shape index (κ3) is 3.27. The predicted octanol–water partition coefficient (Wildman–Crippen LogP) is 3.51. The Morgan fingerprint density at radius 2 is 1.70 bits per heavy atom. The lowest BCUT2D eigenvalue weighted by atomic mass is 10.0. The summed E-state index contributed by atoms with van der Waals surface area (Å²) in [6.45, 7) is 0. The van der Waals surface area contributed by atoms with E-state index < -0.39 is 0 Å². The van der Waals surface area contributed by atoms with E-state index in [1.54, 1.807) is 42.6 Å². The molecule has 0 radical (unpaired) electrons. The van der Waals surface area contributed by atoms with Gasteiger partial charge in [-0.25, -0.2) is 4.68 Å². The van der Waals surface area contributed by atoms with Gasteiger partial charge in [0.05, 0.1) is 11.4 Å². The van der Waals surface area contributed by atoms with Crippen LogP contribution in [0.3, 0.4) is 0 Å². The molecule has 1 N–H and O–H groups in total. The van der Waals surface area contributed by atoms with Gasteiger partial charge in [0.25, 0.3) is 11.5 Å². The summed E-state index contributed by atoms with van der Waals surface area (Å²) >= 11 is 1.58. The van der Waals surface area contributed by atoms with Gasteiger partial charge in [-0.15, -0.1) is 11.3 Å². The number of fused-ring (bicyclic) bond motifs is 1. The maximum absolute atomic E-state index is 13.1. The standard InChI is InChI=1S/C21H17N3O2S/c1-24-21(26)16-11-6-5-10-15(16)19(23-24)20(25)22-18(17-12-7-13-27-17)14-8-3-2-4-9-14/h2-13,18H,1H3,(H,22,25). The van der Waals surface area contributed by atoms with E-state index in [0.717, 1.165) is 10.4 Å². The van der Waals surface area contributed by atoms with Crippen molar-refractivity contribution < 1.29 is 4.79 Å². The van der Waals surface area contributed by atoms with Gasteiger partial charge in [-0.1, -0.05) is 54.6 Å². The van der Waals surface area contributed by atoms with Crippen molar-refractivity contribution in [1.29, 1.82) is 0 Å². The molecule has 1 unspecified atom stereocenters. The molecule has 4 rings (SSSR count). The van der Waals surface area contributed by atoms with Crippen LogP contribution in [0, 0.1) is 0 Å². The molecule has 0 spiro atoms. The predicted molar refractivity (Wildman–Crippen MR) is 107 cm³/mol. The normalized spacial score (nSPS) is 12.0. The zero-order chi connectivity index (χ0) is 18.8. The number of carbonyl (C=O) groups is 1. The van der Waals surface area contributed by atoms with Gasteiger partial charge in [0.1, 0.15) is 0 Å². The summed E-state index contributed by atoms with van der Waals surface area (Å²) in [5, 5.41) is 10.3. The Balaban J connectivity index is 1.78. The van der Waals surface area contributed by atoms with Crippen LogP contribution in [0.1, 0.15) is 27.0 Å². The molecule has 2 aromatic heterocycles. The maximum Gasteiger partial charge on any atom is 0.274 e. The van der Waals surface area contributed by atoms with E-state index in [9.17, 15) is 9.59 Å². The lowest BCUT2D eigenvalue weighted by molar-refractivity contribution is 0.0938. The molecule has 0 aliphatic carbocycles. The van der Waals surface area contributed by atoms with E-state index >= 15 is 0 Å². The van der Waals surface area contributed by atoms with E-state index in [0.29, 0.717) is 10.8 Å². The van der Waals surface area contributed by atoms with Crippen LogP contribution in [-0.4, -0.2) is 15.7 Å². The van der Waals surface area contributed by atoms with Crippen molar-refractivity contribution >= 4 is 28.0 Å². The first-order valence-corrected chi connectivity index (χ1v) is 9.38. The summed E-state index contributed by atoms with van der Waals surface area (Å²) in [6.07, 6.45) is 0. The van der Waals surface area contributed by atoms with Crippen LogP contribution in [0.25, 0.3) is 10.8 Å². The van der Waals surface area contributed by atoms with Crippen molar-refractivity contribution in [1.82, 2.24) is 15.1 Å². The van der Waals surface area contributed by atoms with Gasteiger partial charge >= 0.3 is 0 Å². The summed E-state index contributed by atoms with van der Waals surface area (Å²) in [6, 6.07) is 20.5. The van der Waals surface area contributed by atoms with Gasteiger partial charge in [0.15, 0.2) is 5.69 Å². The Bertz CT molecular complexity index is 1150. The first-order valence-electron chi connectivity index (χ1n) is 8.50. The van der Waals surface area contributed by atoms with Gasteiger partial charge in [0, 0.05) is 17.3 Å². The minimum atomic E-state index is -0.316. The number of amides is 1. The van der Waals surface area contributed by atoms with Gasteiger partial charge in [0.2, 0.25) is 0 Å². The second kappa shape index (κ2) is 7.17. The molecule has 0 saturated heterocycles. The largest absolute Gasteiger partial charge is 0.339 e. The van der Waals surface area contributed by atoms with Crippen LogP contribution in [0.15, 0.2) is 76.9 Å². The molecule has 0 fully saturated rings. The van der Waals surface area contributed by atoms with Crippen LogP contribution in [0.2, 0.25) is 0 Å². The zero-order valence-electron chi connectivity index (χ0n) is 14.6. The van der Waals surface area contributed by atoms with E-state index in [4.69, 9.17) is 0 Å². The molecule has 0 aliphatic rings. The lowest BCUT2D eigenvalue weighted by Crippen LogP contribution is -2.32. The van der Waals surface area contributed by atoms with Crippen molar-refractivity contribution in [3.63, 3.8) is 0 Å². The van der Waals surface area contributed by atoms with Gasteiger partial charge in [-0.2, -0.15) is 5.10 Å². The summed E-state index contributed by atoms with van der Waals surface area (Å²) in [5.74, 6) is -0.316. The number of hydrogen-bond acceptors (Lipinski definition) is 4. The highest BCUT2D eigenvalue weighted by Gasteiger charge is 2.22. The Labute approximate surface area is 159 Å². The van der Waals surface area contributed by atoms with Gasteiger partial charge in [-0.05, 0) is 23.1 Å². The molecule has 0 bridgehead atoms. The van der Waals surface area contributed by atoms with E-state index in [1.807, 2.05) is 47.8 Å². The highest BCUT2D eigenvalue weighted by molar-refractivity contribution is 7.10. The van der Waals surface area contributed by atoms with E-state index in [2.05, 4.69) is 10.4 Å². The van der Waals surface area contributed by atoms with Crippen LogP contribution in [0.4, 0.5) is 0 Å². The summed E-state index contributed by atoms with van der Waals surface area (Å²) in [7, 11) is 1.56.